The first kappa shape index (κ1) is 11.4. The molecule has 0 saturated carbocycles. The van der Waals surface area contributed by atoms with Gasteiger partial charge in [-0.3, -0.25) is 4.31 Å². The van der Waals surface area contributed by atoms with Crippen molar-refractivity contribution >= 4 is 15.7 Å². The number of hydrogen-bond donors (Lipinski definition) is 1. The van der Waals surface area contributed by atoms with Gasteiger partial charge in [-0.2, -0.15) is 0 Å². The summed E-state index contributed by atoms with van der Waals surface area (Å²) >= 11 is 0. The third-order valence-corrected chi connectivity index (χ3v) is 4.68. The van der Waals surface area contributed by atoms with Crippen LogP contribution in [-0.2, 0) is 16.6 Å². The van der Waals surface area contributed by atoms with Gasteiger partial charge in [-0.15, -0.1) is 0 Å². The van der Waals surface area contributed by atoms with Gasteiger partial charge >= 0.3 is 0 Å². The van der Waals surface area contributed by atoms with Crippen molar-refractivity contribution in [1.82, 2.24) is 0 Å². The fraction of sp³-hybridized carbons (Fsp3) is 0.455. The van der Waals surface area contributed by atoms with Crippen LogP contribution in [0.15, 0.2) is 24.3 Å². The average molecular weight is 240 g/mol. The van der Waals surface area contributed by atoms with Crippen LogP contribution in [-0.4, -0.2) is 20.7 Å². The zero-order chi connectivity index (χ0) is 11.6. The Hall–Kier alpha value is -1.07. The van der Waals surface area contributed by atoms with Crippen LogP contribution in [0.5, 0.6) is 0 Å². The van der Waals surface area contributed by atoms with E-state index in [2.05, 4.69) is 0 Å². The van der Waals surface area contributed by atoms with Gasteiger partial charge < -0.3 is 5.73 Å². The van der Waals surface area contributed by atoms with Crippen molar-refractivity contribution in [2.75, 3.05) is 16.6 Å². The highest BCUT2D eigenvalue weighted by Crippen LogP contribution is 2.26. The summed E-state index contributed by atoms with van der Waals surface area (Å²) in [7, 11) is -3.13. The van der Waals surface area contributed by atoms with Gasteiger partial charge in [0.15, 0.2) is 0 Å². The normalized spacial score (nSPS) is 19.7. The van der Waals surface area contributed by atoms with Crippen LogP contribution in [0.3, 0.4) is 0 Å². The predicted octanol–water partition coefficient (Wildman–Crippen LogP) is 1.08. The van der Waals surface area contributed by atoms with E-state index < -0.39 is 10.0 Å². The molecule has 2 rings (SSSR count). The monoisotopic (exact) mass is 240 g/mol. The predicted molar refractivity (Wildman–Crippen MR) is 64.7 cm³/mol. The molecule has 0 unspecified atom stereocenters. The van der Waals surface area contributed by atoms with Crippen molar-refractivity contribution < 1.29 is 8.42 Å². The van der Waals surface area contributed by atoms with Crippen molar-refractivity contribution in [3.63, 3.8) is 0 Å². The van der Waals surface area contributed by atoms with E-state index in [4.69, 9.17) is 5.73 Å². The fourth-order valence-electron chi connectivity index (χ4n) is 1.99. The molecule has 0 aliphatic carbocycles. The van der Waals surface area contributed by atoms with E-state index in [1.165, 1.54) is 4.31 Å². The Bertz CT molecular complexity index is 471. The number of hydrogen-bond acceptors (Lipinski definition) is 3. The van der Waals surface area contributed by atoms with Crippen LogP contribution in [0.25, 0.3) is 0 Å². The minimum atomic E-state index is -3.13. The standard InChI is InChI=1S/C11H16N2O2S/c12-9-10-5-1-2-6-11(10)13-7-3-4-8-16(13,14)15/h1-2,5-6H,3-4,7-9,12H2. The van der Waals surface area contributed by atoms with Gasteiger partial charge in [0.2, 0.25) is 10.0 Å². The van der Waals surface area contributed by atoms with Crippen molar-refractivity contribution in [2.45, 2.75) is 19.4 Å². The highest BCUT2D eigenvalue weighted by atomic mass is 32.2. The van der Waals surface area contributed by atoms with Crippen LogP contribution in [0.2, 0.25) is 0 Å². The first-order chi connectivity index (χ1) is 7.65. The maximum absolute atomic E-state index is 11.9. The van der Waals surface area contributed by atoms with Gasteiger partial charge in [0.05, 0.1) is 11.4 Å². The molecule has 2 N–H and O–H groups in total. The molecular weight excluding hydrogens is 224 g/mol. The molecule has 1 fully saturated rings. The van der Waals surface area contributed by atoms with Crippen molar-refractivity contribution in [1.29, 1.82) is 0 Å². The van der Waals surface area contributed by atoms with Gasteiger partial charge in [-0.05, 0) is 24.5 Å². The van der Waals surface area contributed by atoms with E-state index in [0.29, 0.717) is 13.1 Å². The Balaban J connectivity index is 2.42. The molecule has 0 bridgehead atoms. The molecular formula is C11H16N2O2S. The zero-order valence-corrected chi connectivity index (χ0v) is 9.91. The second-order valence-corrected chi connectivity index (χ2v) is 5.94. The van der Waals surface area contributed by atoms with Crippen LogP contribution < -0.4 is 10.0 Å². The Morgan fingerprint density at radius 1 is 1.25 bits per heavy atom. The largest absolute Gasteiger partial charge is 0.326 e. The molecule has 0 amide bonds. The van der Waals surface area contributed by atoms with Gasteiger partial charge in [-0.25, -0.2) is 8.42 Å². The summed E-state index contributed by atoms with van der Waals surface area (Å²) in [5, 5.41) is 0. The Morgan fingerprint density at radius 2 is 2.00 bits per heavy atom. The summed E-state index contributed by atoms with van der Waals surface area (Å²) in [5.74, 6) is 0.242. The molecule has 1 saturated heterocycles. The Kier molecular flexibility index (Phi) is 3.16. The van der Waals surface area contributed by atoms with E-state index in [1.807, 2.05) is 24.3 Å². The minimum Gasteiger partial charge on any atom is -0.326 e. The lowest BCUT2D eigenvalue weighted by atomic mass is 10.1. The third kappa shape index (κ3) is 2.05. The highest BCUT2D eigenvalue weighted by molar-refractivity contribution is 7.92. The zero-order valence-electron chi connectivity index (χ0n) is 9.09. The highest BCUT2D eigenvalue weighted by Gasteiger charge is 2.26. The van der Waals surface area contributed by atoms with Crippen LogP contribution in [0.1, 0.15) is 18.4 Å². The van der Waals surface area contributed by atoms with Crippen molar-refractivity contribution in [3.05, 3.63) is 29.8 Å². The lowest BCUT2D eigenvalue weighted by molar-refractivity contribution is 0.574. The quantitative estimate of drug-likeness (QED) is 0.841. The van der Waals surface area contributed by atoms with Crippen LogP contribution in [0, 0.1) is 0 Å². The molecule has 5 heteroatoms. The number of benzene rings is 1. The smallest absolute Gasteiger partial charge is 0.235 e. The number of anilines is 1. The van der Waals surface area contributed by atoms with Gasteiger partial charge in [-0.1, -0.05) is 18.2 Å². The number of para-hydroxylation sites is 1. The van der Waals surface area contributed by atoms with Gasteiger partial charge in [0.1, 0.15) is 0 Å². The molecule has 0 spiro atoms. The molecule has 1 heterocycles. The SMILES string of the molecule is NCc1ccccc1N1CCCCS1(=O)=O. The van der Waals surface area contributed by atoms with Crippen LogP contribution in [0.4, 0.5) is 5.69 Å². The van der Waals surface area contributed by atoms with Crippen molar-refractivity contribution in [2.24, 2.45) is 5.73 Å². The van der Waals surface area contributed by atoms with Gasteiger partial charge in [0.25, 0.3) is 0 Å². The van der Waals surface area contributed by atoms with E-state index in [9.17, 15) is 8.42 Å². The summed E-state index contributed by atoms with van der Waals surface area (Å²) in [6, 6.07) is 7.42. The third-order valence-electron chi connectivity index (χ3n) is 2.83. The maximum Gasteiger partial charge on any atom is 0.235 e. The van der Waals surface area contributed by atoms with E-state index in [-0.39, 0.29) is 5.75 Å². The van der Waals surface area contributed by atoms with Gasteiger partial charge in [0, 0.05) is 13.1 Å². The molecule has 1 aromatic rings. The number of rotatable bonds is 2. The summed E-state index contributed by atoms with van der Waals surface area (Å²) in [6.45, 7) is 0.932. The summed E-state index contributed by atoms with van der Waals surface area (Å²) < 4.78 is 25.4. The number of nitrogens with two attached hydrogens (primary N) is 1. The second-order valence-electron chi connectivity index (χ2n) is 3.93. The summed E-state index contributed by atoms with van der Waals surface area (Å²) in [5.41, 5.74) is 7.25. The lowest BCUT2D eigenvalue weighted by Gasteiger charge is -2.29. The molecule has 0 aromatic heterocycles. The van der Waals surface area contributed by atoms with E-state index in [1.54, 1.807) is 0 Å². The molecule has 4 nitrogen and oxygen atoms in total. The second kappa shape index (κ2) is 4.43. The number of nitrogens with zero attached hydrogens (tertiary/aromatic N) is 1. The first-order valence-corrected chi connectivity index (χ1v) is 7.04. The summed E-state index contributed by atoms with van der Waals surface area (Å²) in [6.07, 6.45) is 1.67. The minimum absolute atomic E-state index is 0.242. The summed E-state index contributed by atoms with van der Waals surface area (Å²) in [4.78, 5) is 0. The van der Waals surface area contributed by atoms with Crippen LogP contribution >= 0.6 is 0 Å². The topological polar surface area (TPSA) is 63.4 Å². The first-order valence-electron chi connectivity index (χ1n) is 5.43. The van der Waals surface area contributed by atoms with Crippen molar-refractivity contribution in [3.8, 4) is 0 Å². The maximum atomic E-state index is 11.9. The molecule has 1 aliphatic heterocycles. The van der Waals surface area contributed by atoms with E-state index >= 15 is 0 Å². The molecule has 0 radical (unpaired) electrons. The molecule has 1 aliphatic rings. The lowest BCUT2D eigenvalue weighted by Crippen LogP contribution is -2.38. The molecule has 1 aromatic carbocycles. The molecule has 88 valence electrons. The molecule has 0 atom stereocenters. The number of sulfonamides is 1. The van der Waals surface area contributed by atoms with E-state index in [0.717, 1.165) is 24.1 Å². The Labute approximate surface area is 96.1 Å². The average Bonchev–Trinajstić information content (AvgIpc) is 2.28. The fourth-order valence-corrected chi connectivity index (χ4v) is 3.66. The Morgan fingerprint density at radius 3 is 2.69 bits per heavy atom. The molecule has 16 heavy (non-hydrogen) atoms.